The lowest BCUT2D eigenvalue weighted by atomic mass is 9.80. The monoisotopic (exact) mass is 235 g/mol. The van der Waals surface area contributed by atoms with E-state index >= 15 is 0 Å². The summed E-state index contributed by atoms with van der Waals surface area (Å²) in [4.78, 5) is 10.9. The van der Waals surface area contributed by atoms with Crippen LogP contribution in [0.25, 0.3) is 0 Å². The zero-order valence-electron chi connectivity index (χ0n) is 11.5. The first-order valence-electron chi connectivity index (χ1n) is 5.78. The molecule has 0 fully saturated rings. The van der Waals surface area contributed by atoms with Crippen LogP contribution in [0.2, 0.25) is 0 Å². The second-order valence-electron chi connectivity index (χ2n) is 6.48. The SMILES string of the molecule is CC(C)(C)c1cc(N=O)c(C(C)(C)C)cc1O. The maximum atomic E-state index is 10.9. The summed E-state index contributed by atoms with van der Waals surface area (Å²) in [6.07, 6.45) is 0. The number of aromatic hydroxyl groups is 1. The van der Waals surface area contributed by atoms with E-state index in [1.807, 2.05) is 41.5 Å². The Morgan fingerprint density at radius 3 is 1.76 bits per heavy atom. The molecule has 3 heteroatoms. The van der Waals surface area contributed by atoms with Gasteiger partial charge in [-0.25, -0.2) is 0 Å². The fourth-order valence-electron chi connectivity index (χ4n) is 1.85. The number of nitrogens with zero attached hydrogens (tertiary/aromatic N) is 1. The lowest BCUT2D eigenvalue weighted by Crippen LogP contribution is -2.15. The van der Waals surface area contributed by atoms with Crippen molar-refractivity contribution in [1.29, 1.82) is 0 Å². The number of nitroso groups, excluding NO2 is 1. The molecular formula is C14H21NO2. The largest absolute Gasteiger partial charge is 0.508 e. The molecule has 0 atom stereocenters. The van der Waals surface area contributed by atoms with Crippen LogP contribution >= 0.6 is 0 Å². The molecule has 0 aliphatic carbocycles. The minimum absolute atomic E-state index is 0.208. The zero-order valence-corrected chi connectivity index (χ0v) is 11.5. The molecule has 1 rings (SSSR count). The average Bonchev–Trinajstić information content (AvgIpc) is 2.14. The molecule has 17 heavy (non-hydrogen) atoms. The molecule has 0 aliphatic heterocycles. The van der Waals surface area contributed by atoms with Crippen LogP contribution in [0, 0.1) is 4.91 Å². The molecule has 1 aromatic carbocycles. The van der Waals surface area contributed by atoms with Gasteiger partial charge in [0.1, 0.15) is 11.4 Å². The summed E-state index contributed by atoms with van der Waals surface area (Å²) < 4.78 is 0. The topological polar surface area (TPSA) is 49.7 Å². The van der Waals surface area contributed by atoms with Gasteiger partial charge in [0.05, 0.1) is 0 Å². The minimum Gasteiger partial charge on any atom is -0.508 e. The smallest absolute Gasteiger partial charge is 0.119 e. The molecule has 0 aliphatic rings. The summed E-state index contributed by atoms with van der Waals surface area (Å²) in [6.45, 7) is 12.0. The van der Waals surface area contributed by atoms with Gasteiger partial charge in [0.15, 0.2) is 0 Å². The fraction of sp³-hybridized carbons (Fsp3) is 0.571. The van der Waals surface area contributed by atoms with E-state index in [2.05, 4.69) is 5.18 Å². The Hall–Kier alpha value is -1.38. The number of rotatable bonds is 1. The minimum atomic E-state index is -0.211. The van der Waals surface area contributed by atoms with E-state index in [1.165, 1.54) is 0 Å². The third-order valence-corrected chi connectivity index (χ3v) is 2.83. The van der Waals surface area contributed by atoms with E-state index in [4.69, 9.17) is 0 Å². The molecule has 94 valence electrons. The van der Waals surface area contributed by atoms with Gasteiger partial charge in [-0.15, -0.1) is 4.91 Å². The second kappa shape index (κ2) is 4.13. The van der Waals surface area contributed by atoms with Crippen LogP contribution in [0.4, 0.5) is 5.69 Å². The first kappa shape index (κ1) is 13.7. The molecule has 1 N–H and O–H groups in total. The van der Waals surface area contributed by atoms with Gasteiger partial charge >= 0.3 is 0 Å². The van der Waals surface area contributed by atoms with Crippen molar-refractivity contribution in [1.82, 2.24) is 0 Å². The van der Waals surface area contributed by atoms with Gasteiger partial charge in [-0.2, -0.15) is 0 Å². The highest BCUT2D eigenvalue weighted by Gasteiger charge is 2.25. The third kappa shape index (κ3) is 2.84. The van der Waals surface area contributed by atoms with Crippen molar-refractivity contribution in [3.05, 3.63) is 28.2 Å². The highest BCUT2D eigenvalue weighted by Crippen LogP contribution is 2.40. The van der Waals surface area contributed by atoms with Crippen LogP contribution in [-0.2, 0) is 10.8 Å². The maximum Gasteiger partial charge on any atom is 0.119 e. The molecular weight excluding hydrogens is 214 g/mol. The van der Waals surface area contributed by atoms with E-state index in [-0.39, 0.29) is 16.6 Å². The van der Waals surface area contributed by atoms with Crippen molar-refractivity contribution in [2.24, 2.45) is 5.18 Å². The summed E-state index contributed by atoms with van der Waals surface area (Å²) in [7, 11) is 0. The van der Waals surface area contributed by atoms with Crippen molar-refractivity contribution >= 4 is 5.69 Å². The van der Waals surface area contributed by atoms with Crippen LogP contribution in [0.3, 0.4) is 0 Å². The van der Waals surface area contributed by atoms with E-state index in [1.54, 1.807) is 12.1 Å². The van der Waals surface area contributed by atoms with Gasteiger partial charge in [0.2, 0.25) is 0 Å². The first-order valence-corrected chi connectivity index (χ1v) is 5.78. The van der Waals surface area contributed by atoms with Gasteiger partial charge in [-0.05, 0) is 33.7 Å². The molecule has 0 spiro atoms. The van der Waals surface area contributed by atoms with E-state index in [9.17, 15) is 10.0 Å². The van der Waals surface area contributed by atoms with Crippen LogP contribution < -0.4 is 0 Å². The highest BCUT2D eigenvalue weighted by atomic mass is 16.3. The lowest BCUT2D eigenvalue weighted by Gasteiger charge is -2.25. The van der Waals surface area contributed by atoms with Crippen LogP contribution in [0.1, 0.15) is 52.7 Å². The zero-order chi connectivity index (χ0) is 13.4. The molecule has 1 aromatic rings. The summed E-state index contributed by atoms with van der Waals surface area (Å²) in [5.74, 6) is 0.231. The Morgan fingerprint density at radius 1 is 0.941 bits per heavy atom. The summed E-state index contributed by atoms with van der Waals surface area (Å²) in [5, 5.41) is 13.2. The standard InChI is InChI=1S/C14H21NO2/c1-13(2,3)9-8-12(16)10(14(4,5)6)7-11(9)15-17/h7-8,16H,1-6H3. The molecule has 0 saturated carbocycles. The Kier molecular flexibility index (Phi) is 3.33. The molecule has 0 heterocycles. The van der Waals surface area contributed by atoms with Gasteiger partial charge in [-0.1, -0.05) is 41.5 Å². The highest BCUT2D eigenvalue weighted by molar-refractivity contribution is 5.57. The number of phenols is 1. The quantitative estimate of drug-likeness (QED) is 0.734. The van der Waals surface area contributed by atoms with Gasteiger partial charge in [0, 0.05) is 5.56 Å². The molecule has 0 unspecified atom stereocenters. The van der Waals surface area contributed by atoms with E-state index in [0.29, 0.717) is 5.69 Å². The Bertz CT molecular complexity index is 437. The van der Waals surface area contributed by atoms with Gasteiger partial charge in [-0.3, -0.25) is 0 Å². The third-order valence-electron chi connectivity index (χ3n) is 2.83. The van der Waals surface area contributed by atoms with Crippen molar-refractivity contribution in [3.63, 3.8) is 0 Å². The maximum absolute atomic E-state index is 10.9. The van der Waals surface area contributed by atoms with Crippen LogP contribution in [-0.4, -0.2) is 5.11 Å². The first-order chi connectivity index (χ1) is 7.57. The molecule has 0 radical (unpaired) electrons. The predicted molar refractivity (Wildman–Crippen MR) is 71.0 cm³/mol. The van der Waals surface area contributed by atoms with Crippen molar-refractivity contribution in [2.75, 3.05) is 0 Å². The molecule has 0 aromatic heterocycles. The predicted octanol–water partition coefficient (Wildman–Crippen LogP) is 4.39. The fourth-order valence-corrected chi connectivity index (χ4v) is 1.85. The lowest BCUT2D eigenvalue weighted by molar-refractivity contribution is 0.443. The number of benzene rings is 1. The van der Waals surface area contributed by atoms with Crippen molar-refractivity contribution in [3.8, 4) is 5.75 Å². The number of hydrogen-bond acceptors (Lipinski definition) is 3. The Labute approximate surface area is 103 Å². The van der Waals surface area contributed by atoms with Gasteiger partial charge < -0.3 is 5.11 Å². The number of hydrogen-bond donors (Lipinski definition) is 1. The number of phenolic OH excluding ortho intramolecular Hbond substituents is 1. The molecule has 3 nitrogen and oxygen atoms in total. The van der Waals surface area contributed by atoms with Crippen molar-refractivity contribution < 1.29 is 5.11 Å². The Balaban J connectivity index is 3.51. The average molecular weight is 235 g/mol. The summed E-state index contributed by atoms with van der Waals surface area (Å²) in [6, 6.07) is 3.36. The molecule has 0 amide bonds. The Morgan fingerprint density at radius 2 is 1.41 bits per heavy atom. The van der Waals surface area contributed by atoms with Crippen molar-refractivity contribution in [2.45, 2.75) is 52.4 Å². The normalized spacial score (nSPS) is 12.6. The summed E-state index contributed by atoms with van der Waals surface area (Å²) in [5.41, 5.74) is 1.52. The van der Waals surface area contributed by atoms with Crippen LogP contribution in [0.5, 0.6) is 5.75 Å². The van der Waals surface area contributed by atoms with E-state index in [0.717, 1.165) is 11.1 Å². The van der Waals surface area contributed by atoms with E-state index < -0.39 is 0 Å². The molecule has 0 saturated heterocycles. The van der Waals surface area contributed by atoms with Crippen LogP contribution in [0.15, 0.2) is 17.3 Å². The molecule has 0 bridgehead atoms. The van der Waals surface area contributed by atoms with Gasteiger partial charge in [0.25, 0.3) is 0 Å². The summed E-state index contributed by atoms with van der Waals surface area (Å²) >= 11 is 0. The second-order valence-corrected chi connectivity index (χ2v) is 6.48.